The van der Waals surface area contributed by atoms with Gasteiger partial charge in [0.2, 0.25) is 11.8 Å². The van der Waals surface area contributed by atoms with Crippen LogP contribution in [0.5, 0.6) is 0 Å². The van der Waals surface area contributed by atoms with Crippen LogP contribution in [-0.2, 0) is 9.59 Å². The first-order valence-electron chi connectivity index (χ1n) is 8.62. The Morgan fingerprint density at radius 2 is 1.87 bits per heavy atom. The minimum atomic E-state index is -0.184. The lowest BCUT2D eigenvalue weighted by molar-refractivity contribution is -0.137. The first-order valence-corrected chi connectivity index (χ1v) is 8.62. The maximum atomic E-state index is 12.7. The molecule has 2 heterocycles. The van der Waals surface area contributed by atoms with Gasteiger partial charge in [-0.25, -0.2) is 0 Å². The Balaban J connectivity index is 1.71. The van der Waals surface area contributed by atoms with E-state index in [1.54, 1.807) is 4.90 Å². The average molecular weight is 314 g/mol. The van der Waals surface area contributed by atoms with Crippen LogP contribution in [0.3, 0.4) is 0 Å². The molecule has 4 heteroatoms. The second-order valence-corrected chi connectivity index (χ2v) is 7.20. The molecule has 1 aromatic carbocycles. The van der Waals surface area contributed by atoms with E-state index in [4.69, 9.17) is 0 Å². The van der Waals surface area contributed by atoms with E-state index in [1.165, 1.54) is 5.56 Å². The minimum absolute atomic E-state index is 0.0701. The molecule has 0 saturated carbocycles. The number of carbonyl (C=O) groups is 2. The Labute approximate surface area is 138 Å². The van der Waals surface area contributed by atoms with Crippen LogP contribution in [0.2, 0.25) is 0 Å². The number of piperidine rings is 1. The van der Waals surface area contributed by atoms with E-state index in [0.717, 1.165) is 37.2 Å². The van der Waals surface area contributed by atoms with Gasteiger partial charge < -0.3 is 9.80 Å². The Hall–Kier alpha value is -1.84. The Morgan fingerprint density at radius 3 is 2.52 bits per heavy atom. The van der Waals surface area contributed by atoms with Gasteiger partial charge >= 0.3 is 0 Å². The molecule has 4 nitrogen and oxygen atoms in total. The Bertz CT molecular complexity index is 618. The van der Waals surface area contributed by atoms with Gasteiger partial charge in [-0.1, -0.05) is 24.6 Å². The lowest BCUT2D eigenvalue weighted by Gasteiger charge is -2.32. The predicted molar refractivity (Wildman–Crippen MR) is 91.4 cm³/mol. The third kappa shape index (κ3) is 3.26. The number of benzene rings is 1. The summed E-state index contributed by atoms with van der Waals surface area (Å²) in [6.07, 6.45) is 2.50. The molecular formula is C19H26N2O2. The normalized spacial score (nSPS) is 22.7. The van der Waals surface area contributed by atoms with Crippen molar-refractivity contribution in [2.45, 2.75) is 40.0 Å². The van der Waals surface area contributed by atoms with Gasteiger partial charge in [0.25, 0.3) is 0 Å². The molecule has 124 valence electrons. The maximum absolute atomic E-state index is 12.7. The van der Waals surface area contributed by atoms with Crippen LogP contribution in [0.1, 0.15) is 37.3 Å². The van der Waals surface area contributed by atoms with Crippen molar-refractivity contribution in [2.24, 2.45) is 11.8 Å². The van der Waals surface area contributed by atoms with E-state index in [2.05, 4.69) is 13.0 Å². The topological polar surface area (TPSA) is 40.6 Å². The standard InChI is InChI=1S/C19H26N2O2/c1-13-6-8-20(9-7-13)19(23)16-11-18(22)21(12-16)17-5-4-14(2)10-15(17)3/h4-5,10,13,16H,6-9,11-12H2,1-3H3/t16-/m1/s1. The summed E-state index contributed by atoms with van der Waals surface area (Å²) in [4.78, 5) is 28.9. The Morgan fingerprint density at radius 1 is 1.17 bits per heavy atom. The highest BCUT2D eigenvalue weighted by atomic mass is 16.2. The molecule has 1 aromatic rings. The minimum Gasteiger partial charge on any atom is -0.342 e. The fourth-order valence-electron chi connectivity index (χ4n) is 3.70. The van der Waals surface area contributed by atoms with Crippen LogP contribution >= 0.6 is 0 Å². The van der Waals surface area contributed by atoms with Crippen LogP contribution in [0, 0.1) is 25.7 Å². The quantitative estimate of drug-likeness (QED) is 0.842. The SMILES string of the molecule is Cc1ccc(N2C[C@H](C(=O)N3CCC(C)CC3)CC2=O)c(C)c1. The zero-order valence-corrected chi connectivity index (χ0v) is 14.3. The van der Waals surface area contributed by atoms with Gasteiger partial charge in [0, 0.05) is 31.7 Å². The van der Waals surface area contributed by atoms with Gasteiger partial charge in [0.05, 0.1) is 5.92 Å². The van der Waals surface area contributed by atoms with E-state index in [9.17, 15) is 9.59 Å². The molecule has 2 aliphatic rings. The zero-order valence-electron chi connectivity index (χ0n) is 14.3. The van der Waals surface area contributed by atoms with Crippen LogP contribution in [0.15, 0.2) is 18.2 Å². The third-order valence-electron chi connectivity index (χ3n) is 5.21. The summed E-state index contributed by atoms with van der Waals surface area (Å²) >= 11 is 0. The first kappa shape index (κ1) is 16.0. The molecule has 0 unspecified atom stereocenters. The van der Waals surface area contributed by atoms with Crippen molar-refractivity contribution in [3.05, 3.63) is 29.3 Å². The second-order valence-electron chi connectivity index (χ2n) is 7.20. The van der Waals surface area contributed by atoms with E-state index in [1.807, 2.05) is 30.9 Å². The van der Waals surface area contributed by atoms with Crippen molar-refractivity contribution in [1.29, 1.82) is 0 Å². The molecule has 1 atom stereocenters. The van der Waals surface area contributed by atoms with E-state index < -0.39 is 0 Å². The fourth-order valence-corrected chi connectivity index (χ4v) is 3.70. The summed E-state index contributed by atoms with van der Waals surface area (Å²) in [5, 5.41) is 0. The fraction of sp³-hybridized carbons (Fsp3) is 0.579. The predicted octanol–water partition coefficient (Wildman–Crippen LogP) is 2.91. The van der Waals surface area contributed by atoms with Crippen LogP contribution in [0.4, 0.5) is 5.69 Å². The van der Waals surface area contributed by atoms with Crippen LogP contribution in [0.25, 0.3) is 0 Å². The number of amides is 2. The third-order valence-corrected chi connectivity index (χ3v) is 5.21. The highest BCUT2D eigenvalue weighted by Gasteiger charge is 2.38. The highest BCUT2D eigenvalue weighted by Crippen LogP contribution is 2.30. The van der Waals surface area contributed by atoms with Gasteiger partial charge in [0.15, 0.2) is 0 Å². The molecule has 23 heavy (non-hydrogen) atoms. The number of nitrogens with zero attached hydrogens (tertiary/aromatic N) is 2. The van der Waals surface area contributed by atoms with Crippen molar-refractivity contribution < 1.29 is 9.59 Å². The van der Waals surface area contributed by atoms with Gasteiger partial charge in [-0.2, -0.15) is 0 Å². The lowest BCUT2D eigenvalue weighted by atomic mass is 9.97. The summed E-state index contributed by atoms with van der Waals surface area (Å²) in [6.45, 7) is 8.52. The van der Waals surface area contributed by atoms with Crippen molar-refractivity contribution in [3.8, 4) is 0 Å². The van der Waals surface area contributed by atoms with Gasteiger partial charge in [-0.05, 0) is 44.2 Å². The van der Waals surface area contributed by atoms with Gasteiger partial charge in [-0.15, -0.1) is 0 Å². The summed E-state index contributed by atoms with van der Waals surface area (Å²) in [7, 11) is 0. The summed E-state index contributed by atoms with van der Waals surface area (Å²) < 4.78 is 0. The first-order chi connectivity index (χ1) is 11.0. The molecule has 2 saturated heterocycles. The number of likely N-dealkylation sites (tertiary alicyclic amines) is 1. The number of hydrogen-bond acceptors (Lipinski definition) is 2. The van der Waals surface area contributed by atoms with E-state index >= 15 is 0 Å². The Kier molecular flexibility index (Phi) is 4.42. The second kappa shape index (κ2) is 6.34. The molecule has 0 N–H and O–H groups in total. The zero-order chi connectivity index (χ0) is 16.6. The van der Waals surface area contributed by atoms with Gasteiger partial charge in [-0.3, -0.25) is 9.59 Å². The van der Waals surface area contributed by atoms with Crippen molar-refractivity contribution in [3.63, 3.8) is 0 Å². The molecule has 0 radical (unpaired) electrons. The molecule has 2 aliphatic heterocycles. The molecule has 0 aromatic heterocycles. The van der Waals surface area contributed by atoms with Gasteiger partial charge in [0.1, 0.15) is 0 Å². The van der Waals surface area contributed by atoms with Crippen LogP contribution in [-0.4, -0.2) is 36.3 Å². The number of rotatable bonds is 2. The molecule has 0 aliphatic carbocycles. The molecule has 2 fully saturated rings. The molecular weight excluding hydrogens is 288 g/mol. The average Bonchev–Trinajstić information content (AvgIpc) is 2.89. The summed E-state index contributed by atoms with van der Waals surface area (Å²) in [5.41, 5.74) is 3.23. The lowest BCUT2D eigenvalue weighted by Crippen LogP contribution is -2.42. The number of carbonyl (C=O) groups excluding carboxylic acids is 2. The monoisotopic (exact) mass is 314 g/mol. The van der Waals surface area contributed by atoms with E-state index in [0.29, 0.717) is 18.9 Å². The smallest absolute Gasteiger partial charge is 0.228 e. The highest BCUT2D eigenvalue weighted by molar-refractivity contribution is 6.00. The number of anilines is 1. The molecule has 2 amide bonds. The summed E-state index contributed by atoms with van der Waals surface area (Å²) in [5.74, 6) is 0.755. The maximum Gasteiger partial charge on any atom is 0.228 e. The molecule has 3 rings (SSSR count). The summed E-state index contributed by atoms with van der Waals surface area (Å²) in [6, 6.07) is 6.11. The molecule has 0 bridgehead atoms. The largest absolute Gasteiger partial charge is 0.342 e. The van der Waals surface area contributed by atoms with Crippen molar-refractivity contribution in [1.82, 2.24) is 4.90 Å². The van der Waals surface area contributed by atoms with Crippen LogP contribution < -0.4 is 4.90 Å². The van der Waals surface area contributed by atoms with Crippen molar-refractivity contribution in [2.75, 3.05) is 24.5 Å². The van der Waals surface area contributed by atoms with E-state index in [-0.39, 0.29) is 17.7 Å². The number of hydrogen-bond donors (Lipinski definition) is 0. The number of aryl methyl sites for hydroxylation is 2. The van der Waals surface area contributed by atoms with Crippen molar-refractivity contribution >= 4 is 17.5 Å². The molecule has 0 spiro atoms.